The molecular weight excluding hydrogens is 172 g/mol. The lowest BCUT2D eigenvalue weighted by atomic mass is 9.77. The summed E-state index contributed by atoms with van der Waals surface area (Å²) in [5.41, 5.74) is 0. The zero-order valence-corrected chi connectivity index (χ0v) is 9.47. The molecule has 72 valence electrons. The molecule has 2 saturated heterocycles. The molecule has 4 rings (SSSR count). The van der Waals surface area contributed by atoms with Crippen LogP contribution < -0.4 is 0 Å². The van der Waals surface area contributed by atoms with E-state index in [-0.39, 0.29) is 0 Å². The van der Waals surface area contributed by atoms with E-state index >= 15 is 0 Å². The average Bonchev–Trinajstić information content (AvgIpc) is 2.46. The highest BCUT2D eigenvalue weighted by Crippen LogP contribution is 2.63. The van der Waals surface area contributed by atoms with Crippen LogP contribution in [0.3, 0.4) is 0 Å². The van der Waals surface area contributed by atoms with Gasteiger partial charge in [-0.2, -0.15) is 0 Å². The summed E-state index contributed by atoms with van der Waals surface area (Å²) in [5, 5.41) is 0. The Morgan fingerprint density at radius 2 is 0.846 bits per heavy atom. The van der Waals surface area contributed by atoms with Crippen molar-refractivity contribution < 1.29 is 0 Å². The minimum atomic E-state index is -0.596. The van der Waals surface area contributed by atoms with Crippen molar-refractivity contribution in [3.8, 4) is 0 Å². The van der Waals surface area contributed by atoms with Gasteiger partial charge >= 0.3 is 0 Å². The maximum Gasteiger partial charge on any atom is 0.0547 e. The Kier molecular flexibility index (Phi) is 1.29. The predicted octanol–water partition coefficient (Wildman–Crippen LogP) is 3.51. The van der Waals surface area contributed by atoms with E-state index in [1.54, 1.807) is 49.9 Å². The van der Waals surface area contributed by atoms with Crippen LogP contribution in [0.1, 0.15) is 25.7 Å². The molecule has 0 aromatic heterocycles. The highest BCUT2D eigenvalue weighted by Gasteiger charge is 2.57. The fourth-order valence-electron chi connectivity index (χ4n) is 5.08. The Labute approximate surface area is 82.1 Å². The van der Waals surface area contributed by atoms with E-state index in [0.717, 1.165) is 0 Å². The summed E-state index contributed by atoms with van der Waals surface area (Å²) in [6.07, 6.45) is 6.48. The van der Waals surface area contributed by atoms with Crippen molar-refractivity contribution in [1.29, 1.82) is 0 Å². The van der Waals surface area contributed by atoms with Gasteiger partial charge in [-0.3, -0.25) is 0 Å². The van der Waals surface area contributed by atoms with Crippen molar-refractivity contribution >= 4 is 8.07 Å². The molecule has 0 amide bonds. The van der Waals surface area contributed by atoms with Gasteiger partial charge in [-0.25, -0.2) is 0 Å². The molecule has 0 nitrogen and oxygen atoms in total. The van der Waals surface area contributed by atoms with Gasteiger partial charge in [-0.1, -0.05) is 49.9 Å². The molecule has 4 fully saturated rings. The molecule has 0 N–H and O–H groups in total. The van der Waals surface area contributed by atoms with Gasteiger partial charge in [-0.15, -0.1) is 0 Å². The molecule has 4 atom stereocenters. The Bertz CT molecular complexity index is 194. The summed E-state index contributed by atoms with van der Waals surface area (Å²) < 4.78 is 0. The summed E-state index contributed by atoms with van der Waals surface area (Å²) in [6.45, 7) is 0. The standard InChI is InChI=1S/C12H20Si/c1-2-10-6-13(5-9(1)10)7-11-3-4-12(11)8-13/h9-12H,1-8H2/t9-,10-,11-,12-/m0/s1. The van der Waals surface area contributed by atoms with E-state index in [1.165, 1.54) is 23.7 Å². The van der Waals surface area contributed by atoms with Crippen LogP contribution in [-0.2, 0) is 0 Å². The fourth-order valence-corrected chi connectivity index (χ4v) is 12.7. The second-order valence-corrected chi connectivity index (χ2v) is 11.1. The van der Waals surface area contributed by atoms with Crippen molar-refractivity contribution in [3.05, 3.63) is 0 Å². The van der Waals surface area contributed by atoms with Crippen LogP contribution in [0.4, 0.5) is 0 Å². The van der Waals surface area contributed by atoms with Gasteiger partial charge < -0.3 is 0 Å². The first-order valence-electron chi connectivity index (χ1n) is 6.35. The molecule has 2 aliphatic carbocycles. The van der Waals surface area contributed by atoms with Gasteiger partial charge in [0.2, 0.25) is 0 Å². The second-order valence-electron chi connectivity index (χ2n) is 6.51. The van der Waals surface area contributed by atoms with E-state index < -0.39 is 8.07 Å². The molecule has 0 unspecified atom stereocenters. The van der Waals surface area contributed by atoms with E-state index in [4.69, 9.17) is 0 Å². The molecule has 2 saturated carbocycles. The normalized spacial score (nSPS) is 55.4. The van der Waals surface area contributed by atoms with Crippen molar-refractivity contribution in [2.75, 3.05) is 0 Å². The van der Waals surface area contributed by atoms with Crippen LogP contribution >= 0.6 is 0 Å². The van der Waals surface area contributed by atoms with E-state index in [2.05, 4.69) is 0 Å². The third-order valence-corrected chi connectivity index (χ3v) is 11.5. The van der Waals surface area contributed by atoms with Gasteiger partial charge in [0, 0.05) is 0 Å². The lowest BCUT2D eigenvalue weighted by molar-refractivity contribution is 0.238. The third-order valence-electron chi connectivity index (χ3n) is 5.93. The topological polar surface area (TPSA) is 0 Å². The van der Waals surface area contributed by atoms with Crippen LogP contribution in [0, 0.1) is 23.7 Å². The Hall–Kier alpha value is 0.217. The summed E-state index contributed by atoms with van der Waals surface area (Å²) >= 11 is 0. The van der Waals surface area contributed by atoms with E-state index in [1.807, 2.05) is 0 Å². The van der Waals surface area contributed by atoms with E-state index in [0.29, 0.717) is 0 Å². The molecule has 1 heteroatoms. The van der Waals surface area contributed by atoms with Gasteiger partial charge in [0.25, 0.3) is 0 Å². The monoisotopic (exact) mass is 192 g/mol. The molecule has 13 heavy (non-hydrogen) atoms. The summed E-state index contributed by atoms with van der Waals surface area (Å²) in [4.78, 5) is 0. The Morgan fingerprint density at radius 1 is 0.538 bits per heavy atom. The largest absolute Gasteiger partial charge is 0.0547 e. The maximum absolute atomic E-state index is 1.78. The number of hydrogen-bond donors (Lipinski definition) is 0. The molecule has 0 aromatic rings. The Balaban J connectivity index is 1.59. The quantitative estimate of drug-likeness (QED) is 0.515. The van der Waals surface area contributed by atoms with Gasteiger partial charge in [-0.05, 0) is 23.7 Å². The second kappa shape index (κ2) is 2.24. The van der Waals surface area contributed by atoms with Crippen molar-refractivity contribution in [2.24, 2.45) is 23.7 Å². The highest BCUT2D eigenvalue weighted by atomic mass is 28.3. The van der Waals surface area contributed by atoms with Crippen LogP contribution in [0.2, 0.25) is 24.2 Å². The molecule has 2 heterocycles. The smallest absolute Gasteiger partial charge is 0.0540 e. The van der Waals surface area contributed by atoms with Gasteiger partial charge in [0.15, 0.2) is 0 Å². The summed E-state index contributed by atoms with van der Waals surface area (Å²) in [7, 11) is -0.596. The molecule has 0 bridgehead atoms. The number of hydrogen-bond acceptors (Lipinski definition) is 0. The zero-order valence-electron chi connectivity index (χ0n) is 8.47. The van der Waals surface area contributed by atoms with Crippen molar-refractivity contribution in [2.45, 2.75) is 49.9 Å². The first kappa shape index (κ1) is 7.50. The molecular formula is C12H20Si. The molecule has 0 radical (unpaired) electrons. The van der Waals surface area contributed by atoms with Crippen LogP contribution in [0.25, 0.3) is 0 Å². The minimum absolute atomic E-state index is 0.596. The minimum Gasteiger partial charge on any atom is -0.0540 e. The molecule has 0 aromatic carbocycles. The van der Waals surface area contributed by atoms with Crippen LogP contribution in [0.5, 0.6) is 0 Å². The third kappa shape index (κ3) is 0.873. The highest BCUT2D eigenvalue weighted by molar-refractivity contribution is 6.81. The number of rotatable bonds is 0. The first-order valence-corrected chi connectivity index (χ1v) is 9.18. The van der Waals surface area contributed by atoms with E-state index in [9.17, 15) is 0 Å². The van der Waals surface area contributed by atoms with Crippen molar-refractivity contribution in [3.63, 3.8) is 0 Å². The first-order chi connectivity index (χ1) is 6.35. The predicted molar refractivity (Wildman–Crippen MR) is 57.4 cm³/mol. The van der Waals surface area contributed by atoms with Crippen molar-refractivity contribution in [1.82, 2.24) is 0 Å². The number of fused-ring (bicyclic) bond motifs is 2. The summed E-state index contributed by atoms with van der Waals surface area (Å²) in [6, 6.07) is 7.13. The van der Waals surface area contributed by atoms with Gasteiger partial charge in [0.1, 0.15) is 0 Å². The Morgan fingerprint density at radius 3 is 1.08 bits per heavy atom. The molecule has 4 aliphatic rings. The molecule has 1 spiro atoms. The van der Waals surface area contributed by atoms with Crippen LogP contribution in [0.15, 0.2) is 0 Å². The average molecular weight is 192 g/mol. The lowest BCUT2D eigenvalue weighted by Gasteiger charge is -2.29. The van der Waals surface area contributed by atoms with Gasteiger partial charge in [0.05, 0.1) is 8.07 Å². The zero-order chi connectivity index (χ0) is 8.47. The lowest BCUT2D eigenvalue weighted by Crippen LogP contribution is -2.25. The SMILES string of the molecule is C1C[C@H]2C[Si]3(C[C@H]12)C[C@@H]1CC[C@H]1C3. The maximum atomic E-state index is 1.78. The van der Waals surface area contributed by atoms with Crippen LogP contribution in [-0.4, -0.2) is 8.07 Å². The molecule has 2 aliphatic heterocycles. The fraction of sp³-hybridized carbons (Fsp3) is 1.00. The summed E-state index contributed by atoms with van der Waals surface area (Å²) in [5.74, 6) is 5.02.